The van der Waals surface area contributed by atoms with Crippen LogP contribution in [0.3, 0.4) is 0 Å². The number of aldehydes is 1. The van der Waals surface area contributed by atoms with Crippen LogP contribution in [0.15, 0.2) is 5.16 Å². The van der Waals surface area contributed by atoms with Gasteiger partial charge in [-0.3, -0.25) is 4.79 Å². The second-order valence-corrected chi connectivity index (χ2v) is 0.401. The van der Waals surface area contributed by atoms with Gasteiger partial charge in [-0.25, -0.2) is 0 Å². The minimum atomic E-state index is 0. The maximum absolute atomic E-state index is 9.10. The summed E-state index contributed by atoms with van der Waals surface area (Å²) in [7, 11) is 0. The molecule has 0 aliphatic heterocycles. The Morgan fingerprint density at radius 2 is 2.17 bits per heavy atom. The van der Waals surface area contributed by atoms with Crippen LogP contribution in [0.4, 0.5) is 0 Å². The lowest BCUT2D eigenvalue weighted by atomic mass is 10.9. The van der Waals surface area contributed by atoms with Crippen LogP contribution in [0, 0.1) is 0 Å². The number of carbonyl (C=O) groups is 1. The zero-order valence-electron chi connectivity index (χ0n) is 3.16. The van der Waals surface area contributed by atoms with Gasteiger partial charge in [0.1, 0.15) is 6.21 Å². The van der Waals surface area contributed by atoms with E-state index in [1.807, 2.05) is 0 Å². The fourth-order valence-corrected chi connectivity index (χ4v) is 0.0272. The third-order valence-electron chi connectivity index (χ3n) is 0.128. The molecule has 0 fully saturated rings. The van der Waals surface area contributed by atoms with Crippen molar-refractivity contribution in [2.24, 2.45) is 5.16 Å². The van der Waals surface area contributed by atoms with E-state index in [2.05, 4.69) is 5.16 Å². The van der Waals surface area contributed by atoms with E-state index in [4.69, 9.17) is 10.0 Å². The summed E-state index contributed by atoms with van der Waals surface area (Å²) in [6, 6.07) is 0. The number of rotatable bonds is 1. The number of nitrogens with zero attached hydrogens (tertiary/aromatic N) is 1. The average Bonchev–Trinajstić information content (AvgIpc) is 1.41. The molecule has 0 bridgehead atoms. The lowest BCUT2D eigenvalue weighted by Crippen LogP contribution is -1.67. The standard InChI is InChI=1S/C2H3NO2.H3P/c4-2-1-3-5;/h1-2,5H;1H3. The highest BCUT2D eigenvalue weighted by atomic mass is 31.0. The highest BCUT2D eigenvalue weighted by molar-refractivity contribution is 6.92. The normalized spacial score (nSPS) is 7.33. The maximum atomic E-state index is 9.10. The summed E-state index contributed by atoms with van der Waals surface area (Å²) < 4.78 is 0. The van der Waals surface area contributed by atoms with Crippen LogP contribution in [-0.4, -0.2) is 17.7 Å². The van der Waals surface area contributed by atoms with Crippen molar-refractivity contribution in [2.75, 3.05) is 0 Å². The summed E-state index contributed by atoms with van der Waals surface area (Å²) in [6.07, 6.45) is 1.14. The second kappa shape index (κ2) is 8.82. The molecule has 0 aromatic carbocycles. The SMILES string of the molecule is O=CC=NO.P. The molecule has 1 N–H and O–H groups in total. The van der Waals surface area contributed by atoms with Gasteiger partial charge >= 0.3 is 0 Å². The molecule has 1 unspecified atom stereocenters. The van der Waals surface area contributed by atoms with Crippen molar-refractivity contribution >= 4 is 22.4 Å². The molecule has 0 spiro atoms. The molecular weight excluding hydrogens is 101 g/mol. The van der Waals surface area contributed by atoms with Gasteiger partial charge in [0.2, 0.25) is 0 Å². The first-order chi connectivity index (χ1) is 2.41. The molecule has 3 nitrogen and oxygen atoms in total. The maximum Gasteiger partial charge on any atom is 0.164 e. The van der Waals surface area contributed by atoms with Crippen LogP contribution in [0.5, 0.6) is 0 Å². The van der Waals surface area contributed by atoms with Gasteiger partial charge in [0.25, 0.3) is 0 Å². The Bertz CT molecular complexity index is 53.5. The van der Waals surface area contributed by atoms with Crippen molar-refractivity contribution in [3.8, 4) is 0 Å². The van der Waals surface area contributed by atoms with Crippen molar-refractivity contribution in [2.45, 2.75) is 0 Å². The fourth-order valence-electron chi connectivity index (χ4n) is 0.0272. The Morgan fingerprint density at radius 3 is 2.17 bits per heavy atom. The van der Waals surface area contributed by atoms with Crippen molar-refractivity contribution in [1.82, 2.24) is 0 Å². The van der Waals surface area contributed by atoms with Crippen molar-refractivity contribution in [1.29, 1.82) is 0 Å². The number of carbonyl (C=O) groups excluding carboxylic acids is 1. The Labute approximate surface area is 38.7 Å². The molecule has 0 saturated heterocycles. The summed E-state index contributed by atoms with van der Waals surface area (Å²) in [4.78, 5) is 9.10. The van der Waals surface area contributed by atoms with Gasteiger partial charge in [-0.2, -0.15) is 9.90 Å². The lowest BCUT2D eigenvalue weighted by Gasteiger charge is -1.54. The van der Waals surface area contributed by atoms with Crippen LogP contribution in [0.25, 0.3) is 0 Å². The molecule has 4 heteroatoms. The minimum absolute atomic E-state index is 0. The molecule has 0 saturated carbocycles. The predicted molar refractivity (Wildman–Crippen MR) is 27.4 cm³/mol. The van der Waals surface area contributed by atoms with Gasteiger partial charge in [-0.1, -0.05) is 5.16 Å². The van der Waals surface area contributed by atoms with E-state index in [0.29, 0.717) is 6.29 Å². The van der Waals surface area contributed by atoms with E-state index < -0.39 is 0 Å². The highest BCUT2D eigenvalue weighted by Crippen LogP contribution is 1.36. The summed E-state index contributed by atoms with van der Waals surface area (Å²) in [5, 5.41) is 9.77. The van der Waals surface area contributed by atoms with E-state index in [0.717, 1.165) is 6.21 Å². The largest absolute Gasteiger partial charge is 0.411 e. The smallest absolute Gasteiger partial charge is 0.164 e. The zero-order chi connectivity index (χ0) is 4.12. The second-order valence-electron chi connectivity index (χ2n) is 0.401. The van der Waals surface area contributed by atoms with Gasteiger partial charge < -0.3 is 5.21 Å². The third-order valence-corrected chi connectivity index (χ3v) is 0.128. The Morgan fingerprint density at radius 1 is 1.67 bits per heavy atom. The Hall–Kier alpha value is -0.430. The molecule has 0 aliphatic carbocycles. The van der Waals surface area contributed by atoms with Crippen LogP contribution in [-0.2, 0) is 4.79 Å². The van der Waals surface area contributed by atoms with Gasteiger partial charge in [0.05, 0.1) is 0 Å². The first-order valence-electron chi connectivity index (χ1n) is 1.03. The summed E-state index contributed by atoms with van der Waals surface area (Å²) in [5.74, 6) is 0. The topological polar surface area (TPSA) is 49.7 Å². The fraction of sp³-hybridized carbons (Fsp3) is 0. The molecule has 1 atom stereocenters. The summed E-state index contributed by atoms with van der Waals surface area (Å²) in [5.41, 5.74) is 0. The molecule has 0 aliphatic rings. The van der Waals surface area contributed by atoms with Gasteiger partial charge in [-0.05, 0) is 0 Å². The van der Waals surface area contributed by atoms with Gasteiger partial charge in [0, 0.05) is 0 Å². The van der Waals surface area contributed by atoms with Crippen molar-refractivity contribution in [3.63, 3.8) is 0 Å². The number of oxime groups is 1. The molecule has 6 heavy (non-hydrogen) atoms. The van der Waals surface area contributed by atoms with Crippen LogP contribution in [0.1, 0.15) is 0 Å². The van der Waals surface area contributed by atoms with E-state index in [1.165, 1.54) is 0 Å². The summed E-state index contributed by atoms with van der Waals surface area (Å²) in [6.45, 7) is 0. The van der Waals surface area contributed by atoms with Crippen LogP contribution in [0.2, 0.25) is 0 Å². The minimum Gasteiger partial charge on any atom is -0.411 e. The molecule has 36 valence electrons. The first-order valence-corrected chi connectivity index (χ1v) is 1.03. The Kier molecular flexibility index (Phi) is 13.4. The molecule has 0 aromatic rings. The highest BCUT2D eigenvalue weighted by Gasteiger charge is 1.51. The Balaban J connectivity index is 0. The van der Waals surface area contributed by atoms with Gasteiger partial charge in [-0.15, -0.1) is 0 Å². The monoisotopic (exact) mass is 107 g/mol. The van der Waals surface area contributed by atoms with E-state index >= 15 is 0 Å². The summed E-state index contributed by atoms with van der Waals surface area (Å²) >= 11 is 0. The molecule has 0 rings (SSSR count). The van der Waals surface area contributed by atoms with E-state index in [1.54, 1.807) is 0 Å². The van der Waals surface area contributed by atoms with E-state index in [9.17, 15) is 0 Å². The quantitative estimate of drug-likeness (QED) is 0.164. The average molecular weight is 107 g/mol. The first kappa shape index (κ1) is 9.13. The number of hydrogen-bond acceptors (Lipinski definition) is 3. The van der Waals surface area contributed by atoms with Crippen LogP contribution < -0.4 is 0 Å². The lowest BCUT2D eigenvalue weighted by molar-refractivity contribution is -0.102. The van der Waals surface area contributed by atoms with Gasteiger partial charge in [0.15, 0.2) is 6.29 Å². The predicted octanol–water partition coefficient (Wildman–Crippen LogP) is -0.297. The van der Waals surface area contributed by atoms with Crippen molar-refractivity contribution in [3.05, 3.63) is 0 Å². The zero-order valence-corrected chi connectivity index (χ0v) is 4.58. The molecule has 0 radical (unpaired) electrons. The van der Waals surface area contributed by atoms with Crippen molar-refractivity contribution < 1.29 is 10.0 Å². The molecular formula is C2H6NO2P. The van der Waals surface area contributed by atoms with E-state index in [-0.39, 0.29) is 9.90 Å². The molecule has 0 amide bonds. The molecule has 0 heterocycles. The number of hydrogen-bond donors (Lipinski definition) is 1. The molecule has 0 aromatic heterocycles. The van der Waals surface area contributed by atoms with Crippen LogP contribution >= 0.6 is 9.90 Å². The third kappa shape index (κ3) is 9.57.